The second kappa shape index (κ2) is 2.40. The number of ether oxygens (including phenoxy) is 2. The minimum Gasteiger partial charge on any atom is -0.454 e. The molecule has 2 fully saturated rings. The van der Waals surface area contributed by atoms with Crippen LogP contribution in [-0.4, -0.2) is 52.0 Å². The Hall–Kier alpha value is -0.690. The van der Waals surface area contributed by atoms with E-state index in [1.807, 2.05) is 0 Å². The molecule has 5 atom stereocenters. The summed E-state index contributed by atoms with van der Waals surface area (Å²) in [5.41, 5.74) is 0. The maximum absolute atomic E-state index is 10.7. The number of carbonyl (C=O) groups is 1. The second-order valence-electron chi connectivity index (χ2n) is 2.83. The molecule has 2 heterocycles. The highest BCUT2D eigenvalue weighted by molar-refractivity contribution is 5.78. The predicted octanol–water partition coefficient (Wildman–Crippen LogP) is -2.65. The van der Waals surface area contributed by atoms with Crippen molar-refractivity contribution in [3.8, 4) is 0 Å². The van der Waals surface area contributed by atoms with Crippen LogP contribution < -0.4 is 0 Å². The molecule has 0 radical (unpaired) electrons. The number of esters is 1. The SMILES string of the molecule is O=C1OC2C(O[C@H](O)[C@@H]2O)[C@@H]1O. The summed E-state index contributed by atoms with van der Waals surface area (Å²) >= 11 is 0. The van der Waals surface area contributed by atoms with Gasteiger partial charge in [0.1, 0.15) is 12.2 Å². The van der Waals surface area contributed by atoms with Crippen molar-refractivity contribution >= 4 is 5.97 Å². The first-order valence-corrected chi connectivity index (χ1v) is 3.51. The first-order chi connectivity index (χ1) is 5.61. The highest BCUT2D eigenvalue weighted by Gasteiger charge is 2.56. The number of aliphatic hydroxyl groups is 3. The maximum atomic E-state index is 10.7. The molecule has 0 aromatic heterocycles. The number of fused-ring (bicyclic) bond motifs is 1. The van der Waals surface area contributed by atoms with Gasteiger partial charge < -0.3 is 24.8 Å². The van der Waals surface area contributed by atoms with Crippen molar-refractivity contribution in [3.05, 3.63) is 0 Å². The maximum Gasteiger partial charge on any atom is 0.338 e. The largest absolute Gasteiger partial charge is 0.454 e. The molecule has 0 aliphatic carbocycles. The van der Waals surface area contributed by atoms with E-state index in [0.29, 0.717) is 0 Å². The Morgan fingerprint density at radius 1 is 1.17 bits per heavy atom. The molecule has 0 aromatic rings. The van der Waals surface area contributed by atoms with Gasteiger partial charge in [-0.3, -0.25) is 0 Å². The van der Waals surface area contributed by atoms with Gasteiger partial charge in [-0.2, -0.15) is 0 Å². The molecule has 0 saturated carbocycles. The summed E-state index contributed by atoms with van der Waals surface area (Å²) in [5.74, 6) is -0.823. The highest BCUT2D eigenvalue weighted by atomic mass is 16.7. The summed E-state index contributed by atoms with van der Waals surface area (Å²) < 4.78 is 9.25. The third-order valence-electron chi connectivity index (χ3n) is 2.05. The second-order valence-corrected chi connectivity index (χ2v) is 2.83. The number of hydrogen-bond donors (Lipinski definition) is 3. The Bertz CT molecular complexity index is 216. The lowest BCUT2D eigenvalue weighted by Crippen LogP contribution is -2.32. The molecule has 2 rings (SSSR count). The third kappa shape index (κ3) is 0.862. The Morgan fingerprint density at radius 2 is 1.83 bits per heavy atom. The molecule has 0 aromatic carbocycles. The molecule has 2 unspecified atom stereocenters. The van der Waals surface area contributed by atoms with E-state index in [-0.39, 0.29) is 0 Å². The standard InChI is InChI=1S/C6H8O6/c7-1-3-4(12-5(1)9)2(8)6(10)11-3/h1-5,7-9H/t1-,2+,3?,4?,5+/m1/s1. The summed E-state index contributed by atoms with van der Waals surface area (Å²) in [6, 6.07) is 0. The zero-order chi connectivity index (χ0) is 8.88. The fourth-order valence-corrected chi connectivity index (χ4v) is 1.40. The molecule has 12 heavy (non-hydrogen) atoms. The van der Waals surface area contributed by atoms with Gasteiger partial charge in [0.05, 0.1) is 0 Å². The highest BCUT2D eigenvalue weighted by Crippen LogP contribution is 2.30. The lowest BCUT2D eigenvalue weighted by atomic mass is 10.1. The molecule has 2 saturated heterocycles. The van der Waals surface area contributed by atoms with Crippen LogP contribution in [-0.2, 0) is 14.3 Å². The van der Waals surface area contributed by atoms with Gasteiger partial charge in [-0.25, -0.2) is 4.79 Å². The number of aliphatic hydroxyl groups excluding tert-OH is 3. The van der Waals surface area contributed by atoms with Crippen LogP contribution in [0.4, 0.5) is 0 Å². The van der Waals surface area contributed by atoms with Gasteiger partial charge in [-0.1, -0.05) is 0 Å². The van der Waals surface area contributed by atoms with E-state index < -0.39 is 36.7 Å². The fraction of sp³-hybridized carbons (Fsp3) is 0.833. The van der Waals surface area contributed by atoms with Gasteiger partial charge in [0.25, 0.3) is 0 Å². The molecule has 68 valence electrons. The van der Waals surface area contributed by atoms with Crippen LogP contribution in [0.3, 0.4) is 0 Å². The normalized spacial score (nSPS) is 52.2. The summed E-state index contributed by atoms with van der Waals surface area (Å²) in [6.07, 6.45) is -5.94. The van der Waals surface area contributed by atoms with Crippen molar-refractivity contribution in [2.45, 2.75) is 30.7 Å². The van der Waals surface area contributed by atoms with Crippen LogP contribution in [0, 0.1) is 0 Å². The molecule has 0 spiro atoms. The van der Waals surface area contributed by atoms with E-state index in [0.717, 1.165) is 0 Å². The molecule has 2 aliphatic rings. The van der Waals surface area contributed by atoms with Gasteiger partial charge in [0.2, 0.25) is 0 Å². The van der Waals surface area contributed by atoms with Crippen LogP contribution in [0.2, 0.25) is 0 Å². The van der Waals surface area contributed by atoms with E-state index in [1.165, 1.54) is 0 Å². The summed E-state index contributed by atoms with van der Waals surface area (Å²) in [6.45, 7) is 0. The Balaban J connectivity index is 2.19. The van der Waals surface area contributed by atoms with Gasteiger partial charge >= 0.3 is 5.97 Å². The Morgan fingerprint density at radius 3 is 2.42 bits per heavy atom. The quantitative estimate of drug-likeness (QED) is 0.349. The first-order valence-electron chi connectivity index (χ1n) is 3.51. The van der Waals surface area contributed by atoms with E-state index in [1.54, 1.807) is 0 Å². The van der Waals surface area contributed by atoms with Gasteiger partial charge in [-0.05, 0) is 0 Å². The molecule has 6 nitrogen and oxygen atoms in total. The molecule has 3 N–H and O–H groups in total. The predicted molar refractivity (Wildman–Crippen MR) is 32.8 cm³/mol. The number of carbonyl (C=O) groups excluding carboxylic acids is 1. The average molecular weight is 176 g/mol. The zero-order valence-electron chi connectivity index (χ0n) is 5.95. The van der Waals surface area contributed by atoms with Crippen molar-refractivity contribution in [1.29, 1.82) is 0 Å². The van der Waals surface area contributed by atoms with Gasteiger partial charge in [0.15, 0.2) is 18.5 Å². The van der Waals surface area contributed by atoms with E-state index in [4.69, 9.17) is 15.3 Å². The molecule has 2 aliphatic heterocycles. The van der Waals surface area contributed by atoms with Crippen molar-refractivity contribution in [3.63, 3.8) is 0 Å². The van der Waals surface area contributed by atoms with Crippen LogP contribution in [0.15, 0.2) is 0 Å². The van der Waals surface area contributed by atoms with Crippen LogP contribution in [0.1, 0.15) is 0 Å². The van der Waals surface area contributed by atoms with Gasteiger partial charge in [0, 0.05) is 0 Å². The molecule has 6 heteroatoms. The molecule has 0 bridgehead atoms. The third-order valence-corrected chi connectivity index (χ3v) is 2.05. The van der Waals surface area contributed by atoms with E-state index >= 15 is 0 Å². The van der Waals surface area contributed by atoms with E-state index in [2.05, 4.69) is 9.47 Å². The first kappa shape index (κ1) is 7.93. The molecular weight excluding hydrogens is 168 g/mol. The summed E-state index contributed by atoms with van der Waals surface area (Å²) in [7, 11) is 0. The average Bonchev–Trinajstić information content (AvgIpc) is 2.43. The number of rotatable bonds is 0. The zero-order valence-corrected chi connectivity index (χ0v) is 5.95. The topological polar surface area (TPSA) is 96.2 Å². The lowest BCUT2D eigenvalue weighted by Gasteiger charge is -2.10. The Kier molecular flexibility index (Phi) is 1.58. The lowest BCUT2D eigenvalue weighted by molar-refractivity contribution is -0.168. The Labute approximate surface area is 67.3 Å². The fourth-order valence-electron chi connectivity index (χ4n) is 1.40. The molecular formula is C6H8O6. The van der Waals surface area contributed by atoms with Crippen molar-refractivity contribution < 1.29 is 29.6 Å². The minimum atomic E-state index is -1.40. The van der Waals surface area contributed by atoms with Crippen molar-refractivity contribution in [1.82, 2.24) is 0 Å². The molecule has 0 amide bonds. The minimum absolute atomic E-state index is 0.823. The monoisotopic (exact) mass is 176 g/mol. The van der Waals surface area contributed by atoms with Gasteiger partial charge in [-0.15, -0.1) is 0 Å². The van der Waals surface area contributed by atoms with Crippen molar-refractivity contribution in [2.24, 2.45) is 0 Å². The summed E-state index contributed by atoms with van der Waals surface area (Å²) in [5, 5.41) is 27.2. The number of hydrogen-bond acceptors (Lipinski definition) is 6. The summed E-state index contributed by atoms with van der Waals surface area (Å²) in [4.78, 5) is 10.7. The smallest absolute Gasteiger partial charge is 0.338 e. The van der Waals surface area contributed by atoms with E-state index in [9.17, 15) is 4.79 Å². The van der Waals surface area contributed by atoms with Crippen LogP contribution >= 0.6 is 0 Å². The van der Waals surface area contributed by atoms with Crippen LogP contribution in [0.25, 0.3) is 0 Å². The van der Waals surface area contributed by atoms with Crippen LogP contribution in [0.5, 0.6) is 0 Å². The van der Waals surface area contributed by atoms with Crippen molar-refractivity contribution in [2.75, 3.05) is 0 Å².